The molecule has 2 rings (SSSR count). The van der Waals surface area contributed by atoms with Gasteiger partial charge in [-0.25, -0.2) is 0 Å². The Morgan fingerprint density at radius 1 is 0.741 bits per heavy atom. The molecule has 0 saturated heterocycles. The van der Waals surface area contributed by atoms with Crippen LogP contribution in [-0.2, 0) is 30.8 Å². The fraction of sp³-hybridized carbons (Fsp3) is 0.333. The van der Waals surface area contributed by atoms with Gasteiger partial charge < -0.3 is 8.37 Å². The normalized spacial score (nSPS) is 11.9. The quantitative estimate of drug-likeness (QED) is 0.516. The molecule has 0 aliphatic heterocycles. The first-order valence-corrected chi connectivity index (χ1v) is 11.2. The van der Waals surface area contributed by atoms with Crippen LogP contribution in [0.2, 0.25) is 0 Å². The van der Waals surface area contributed by atoms with Crippen molar-refractivity contribution in [1.29, 1.82) is 0 Å². The van der Waals surface area contributed by atoms with Crippen LogP contribution in [0, 0.1) is 0 Å². The van der Waals surface area contributed by atoms with Crippen molar-refractivity contribution in [2.45, 2.75) is 39.0 Å². The zero-order chi connectivity index (χ0) is 19.8. The highest BCUT2D eigenvalue weighted by molar-refractivity contribution is 7.95. The zero-order valence-electron chi connectivity index (χ0n) is 14.9. The van der Waals surface area contributed by atoms with Gasteiger partial charge in [-0.05, 0) is 36.6 Å². The van der Waals surface area contributed by atoms with E-state index in [9.17, 15) is 16.8 Å². The fourth-order valence-electron chi connectivity index (χ4n) is 2.37. The molecule has 0 unspecified atom stereocenters. The van der Waals surface area contributed by atoms with E-state index < -0.39 is 20.8 Å². The van der Waals surface area contributed by atoms with E-state index in [2.05, 4.69) is 14.7 Å². The van der Waals surface area contributed by atoms with Crippen LogP contribution in [0.5, 0.6) is 11.5 Å². The van der Waals surface area contributed by atoms with Crippen LogP contribution in [0.15, 0.2) is 54.6 Å². The van der Waals surface area contributed by atoms with Crippen molar-refractivity contribution in [3.05, 3.63) is 60.2 Å². The lowest BCUT2D eigenvalue weighted by Crippen LogP contribution is -2.22. The zero-order valence-corrected chi connectivity index (χ0v) is 16.5. The predicted octanol–water partition coefficient (Wildman–Crippen LogP) is 3.77. The molecule has 0 radical (unpaired) electrons. The van der Waals surface area contributed by atoms with Gasteiger partial charge in [-0.1, -0.05) is 66.2 Å². The molecule has 0 saturated carbocycles. The Morgan fingerprint density at radius 3 is 2.07 bits per heavy atom. The molecule has 0 heterocycles. The highest BCUT2D eigenvalue weighted by Gasteiger charge is 2.28. The van der Waals surface area contributed by atoms with Gasteiger partial charge in [0.2, 0.25) is 0 Å². The Kier molecular flexibility index (Phi) is 7.64. The predicted molar refractivity (Wildman–Crippen MR) is 101 cm³/mol. The van der Waals surface area contributed by atoms with Gasteiger partial charge in [0.15, 0.2) is 0 Å². The summed E-state index contributed by atoms with van der Waals surface area (Å²) in [5.74, 6) is -0.0482. The van der Waals surface area contributed by atoms with Gasteiger partial charge in [-0.3, -0.25) is 0 Å². The molecule has 0 fully saturated rings. The first-order valence-electron chi connectivity index (χ1n) is 8.54. The maximum Gasteiger partial charge on any atom is 0.466 e. The molecule has 0 bridgehead atoms. The van der Waals surface area contributed by atoms with E-state index in [-0.39, 0.29) is 11.5 Å². The fourth-order valence-corrected chi connectivity index (χ4v) is 4.14. The molecule has 148 valence electrons. The summed E-state index contributed by atoms with van der Waals surface area (Å²) in [7, 11) is -9.75. The van der Waals surface area contributed by atoms with Crippen molar-refractivity contribution < 1.29 is 28.8 Å². The summed E-state index contributed by atoms with van der Waals surface area (Å²) >= 11 is 0. The molecular weight excluding hydrogens is 392 g/mol. The van der Waals surface area contributed by atoms with E-state index in [4.69, 9.17) is 4.18 Å². The molecule has 0 aromatic heterocycles. The van der Waals surface area contributed by atoms with E-state index in [1.165, 1.54) is 30.3 Å². The van der Waals surface area contributed by atoms with Gasteiger partial charge in [0.05, 0.1) is 0 Å². The van der Waals surface area contributed by atoms with Crippen molar-refractivity contribution in [3.8, 4) is 11.5 Å². The Morgan fingerprint density at radius 2 is 1.37 bits per heavy atom. The highest BCUT2D eigenvalue weighted by Crippen LogP contribution is 2.23. The van der Waals surface area contributed by atoms with Crippen LogP contribution < -0.4 is 8.37 Å². The molecule has 27 heavy (non-hydrogen) atoms. The minimum Gasteiger partial charge on any atom is -0.361 e. The molecule has 2 aromatic carbocycles. The summed E-state index contributed by atoms with van der Waals surface area (Å²) in [6, 6.07) is 13.9. The number of hydrogen-bond acceptors (Lipinski definition) is 7. The van der Waals surface area contributed by atoms with E-state index in [0.717, 1.165) is 25.7 Å². The minimum atomic E-state index is -4.88. The number of unbranched alkanes of at least 4 members (excludes halogenated alkanes) is 3. The largest absolute Gasteiger partial charge is 0.466 e. The van der Waals surface area contributed by atoms with E-state index in [1.54, 1.807) is 24.3 Å². The lowest BCUT2D eigenvalue weighted by atomic mass is 10.1. The molecule has 0 N–H and O–H groups in total. The average molecular weight is 415 g/mol. The third kappa shape index (κ3) is 7.58. The maximum absolute atomic E-state index is 12.0. The van der Waals surface area contributed by atoms with Crippen molar-refractivity contribution >= 4 is 20.8 Å². The second-order valence-corrected chi connectivity index (χ2v) is 8.29. The molecule has 0 aliphatic rings. The van der Waals surface area contributed by atoms with Gasteiger partial charge in [0.1, 0.15) is 11.5 Å². The summed E-state index contributed by atoms with van der Waals surface area (Å²) in [5.41, 5.74) is 0.655. The van der Waals surface area contributed by atoms with Gasteiger partial charge in [-0.15, -0.1) is 0 Å². The van der Waals surface area contributed by atoms with Crippen LogP contribution >= 0.6 is 0 Å². The minimum absolute atomic E-state index is 0.0314. The van der Waals surface area contributed by atoms with Gasteiger partial charge in [0, 0.05) is 0 Å². The first-order chi connectivity index (χ1) is 12.8. The monoisotopic (exact) mass is 414 g/mol. The number of aryl methyl sites for hydroxylation is 1. The molecule has 0 amide bonds. The van der Waals surface area contributed by atoms with Gasteiger partial charge >= 0.3 is 20.8 Å². The molecule has 9 heteroatoms. The van der Waals surface area contributed by atoms with E-state index >= 15 is 0 Å². The summed E-state index contributed by atoms with van der Waals surface area (Å²) in [4.78, 5) is 0. The summed E-state index contributed by atoms with van der Waals surface area (Å²) in [5, 5.41) is 0. The first kappa shape index (κ1) is 21.2. The molecule has 2 aromatic rings. The standard InChI is InChI=1S/C18H22O7S2/c1-2-3-4-6-11-16-12-9-10-15-18(16)24-27(21,22)25-26(19,20)23-17-13-7-5-8-14-17/h5,7-10,12-15H,2-4,6,11H2,1H3. The second-order valence-electron chi connectivity index (χ2n) is 5.78. The van der Waals surface area contributed by atoms with Crippen molar-refractivity contribution in [3.63, 3.8) is 0 Å². The number of para-hydroxylation sites is 2. The van der Waals surface area contributed by atoms with Gasteiger partial charge in [-0.2, -0.15) is 16.8 Å². The molecule has 0 aliphatic carbocycles. The Labute approximate surface area is 160 Å². The van der Waals surface area contributed by atoms with Crippen LogP contribution in [0.3, 0.4) is 0 Å². The topological polar surface area (TPSA) is 96.0 Å². The van der Waals surface area contributed by atoms with Crippen molar-refractivity contribution in [1.82, 2.24) is 0 Å². The van der Waals surface area contributed by atoms with Crippen LogP contribution in [0.4, 0.5) is 0 Å². The van der Waals surface area contributed by atoms with E-state index in [1.807, 2.05) is 0 Å². The maximum atomic E-state index is 12.0. The average Bonchev–Trinajstić information content (AvgIpc) is 2.59. The lowest BCUT2D eigenvalue weighted by molar-refractivity contribution is 0.350. The number of hydrogen-bond donors (Lipinski definition) is 0. The Balaban J connectivity index is 2.05. The van der Waals surface area contributed by atoms with E-state index in [0.29, 0.717) is 12.0 Å². The lowest BCUT2D eigenvalue weighted by Gasteiger charge is -2.11. The van der Waals surface area contributed by atoms with Gasteiger partial charge in [0.25, 0.3) is 0 Å². The molecule has 7 nitrogen and oxygen atoms in total. The Bertz CT molecular complexity index is 923. The second kappa shape index (κ2) is 9.72. The number of benzene rings is 2. The smallest absolute Gasteiger partial charge is 0.361 e. The SMILES string of the molecule is CCCCCCc1ccccc1OS(=O)(=O)OS(=O)(=O)Oc1ccccc1. The van der Waals surface area contributed by atoms with Crippen LogP contribution in [-0.4, -0.2) is 16.8 Å². The van der Waals surface area contributed by atoms with Crippen molar-refractivity contribution in [2.24, 2.45) is 0 Å². The summed E-state index contributed by atoms with van der Waals surface area (Å²) in [6.45, 7) is 2.10. The molecule has 0 atom stereocenters. The van der Waals surface area contributed by atoms with Crippen LogP contribution in [0.25, 0.3) is 0 Å². The highest BCUT2D eigenvalue weighted by atomic mass is 32.3. The molecule has 0 spiro atoms. The Hall–Kier alpha value is -2.10. The summed E-state index contributed by atoms with van der Waals surface area (Å²) in [6.07, 6.45) is 4.65. The molecular formula is C18H22O7S2. The van der Waals surface area contributed by atoms with Crippen LogP contribution in [0.1, 0.15) is 38.2 Å². The summed E-state index contributed by atoms with van der Waals surface area (Å²) < 4.78 is 61.3. The third-order valence-corrected chi connectivity index (χ3v) is 5.69. The number of rotatable bonds is 11. The third-order valence-electron chi connectivity index (χ3n) is 3.57. The van der Waals surface area contributed by atoms with Crippen molar-refractivity contribution in [2.75, 3.05) is 0 Å².